The molecule has 0 aromatic carbocycles. The number of carbonyl (C=O) groups is 1. The van der Waals surface area contributed by atoms with Crippen LogP contribution in [-0.2, 0) is 0 Å². The summed E-state index contributed by atoms with van der Waals surface area (Å²) in [6.45, 7) is 6.37. The lowest BCUT2D eigenvalue weighted by Crippen LogP contribution is -2.55. The fourth-order valence-electron chi connectivity index (χ4n) is 3.25. The Morgan fingerprint density at radius 3 is 2.45 bits per heavy atom. The van der Waals surface area contributed by atoms with E-state index in [0.717, 1.165) is 38.8 Å². The molecule has 2 aliphatic rings. The molecular weight excluding hydrogens is 254 g/mol. The number of nitrogens with zero attached hydrogens (tertiary/aromatic N) is 2. The zero-order chi connectivity index (χ0) is 14.6. The lowest BCUT2D eigenvalue weighted by Gasteiger charge is -2.45. The van der Waals surface area contributed by atoms with Crippen molar-refractivity contribution < 1.29 is 9.90 Å². The molecule has 0 spiro atoms. The molecule has 0 aromatic heterocycles. The molecule has 0 aliphatic carbocycles. The minimum absolute atomic E-state index is 0.157. The van der Waals surface area contributed by atoms with Crippen LogP contribution in [0.5, 0.6) is 0 Å². The Morgan fingerprint density at radius 2 is 1.95 bits per heavy atom. The first-order chi connectivity index (χ1) is 9.54. The van der Waals surface area contributed by atoms with E-state index in [1.807, 2.05) is 0 Å². The van der Waals surface area contributed by atoms with Gasteiger partial charge in [-0.2, -0.15) is 0 Å². The van der Waals surface area contributed by atoms with E-state index in [1.54, 1.807) is 0 Å². The minimum atomic E-state index is -0.784. The number of amides is 1. The van der Waals surface area contributed by atoms with Crippen molar-refractivity contribution in [3.8, 4) is 12.3 Å². The van der Waals surface area contributed by atoms with Gasteiger partial charge in [-0.05, 0) is 32.6 Å². The van der Waals surface area contributed by atoms with Crippen LogP contribution in [0.1, 0.15) is 32.6 Å². The molecular formula is C15H25N3O2. The van der Waals surface area contributed by atoms with E-state index < -0.39 is 6.09 Å². The van der Waals surface area contributed by atoms with Crippen LogP contribution in [0.15, 0.2) is 0 Å². The Bertz CT molecular complexity index is 375. The number of hydrogen-bond acceptors (Lipinski definition) is 3. The second-order valence-corrected chi connectivity index (χ2v) is 6.16. The molecule has 2 fully saturated rings. The number of rotatable bonds is 3. The lowest BCUT2D eigenvalue weighted by molar-refractivity contribution is 0.0641. The van der Waals surface area contributed by atoms with Crippen LogP contribution in [0.3, 0.4) is 0 Å². The number of likely N-dealkylation sites (tertiary alicyclic amines) is 2. The third-order valence-electron chi connectivity index (χ3n) is 4.77. The Hall–Kier alpha value is -1.25. The zero-order valence-corrected chi connectivity index (χ0v) is 12.3. The molecule has 5 nitrogen and oxygen atoms in total. The molecule has 0 unspecified atom stereocenters. The van der Waals surface area contributed by atoms with Crippen molar-refractivity contribution in [1.29, 1.82) is 0 Å². The number of carboxylic acid groups (broad SMARTS) is 1. The predicted octanol–water partition coefficient (Wildman–Crippen LogP) is 1.21. The maximum atomic E-state index is 10.9. The Labute approximate surface area is 121 Å². The molecule has 0 bridgehead atoms. The van der Waals surface area contributed by atoms with E-state index in [2.05, 4.69) is 23.1 Å². The second kappa shape index (κ2) is 6.47. The molecule has 0 radical (unpaired) electrons. The van der Waals surface area contributed by atoms with Crippen LogP contribution in [0.4, 0.5) is 4.79 Å². The molecule has 2 N–H and O–H groups in total. The molecule has 5 heteroatoms. The van der Waals surface area contributed by atoms with Crippen molar-refractivity contribution in [2.24, 2.45) is 0 Å². The van der Waals surface area contributed by atoms with Crippen LogP contribution < -0.4 is 5.32 Å². The van der Waals surface area contributed by atoms with Crippen LogP contribution in [-0.4, -0.2) is 65.3 Å². The van der Waals surface area contributed by atoms with Crippen molar-refractivity contribution in [3.63, 3.8) is 0 Å². The molecule has 0 saturated carbocycles. The average Bonchev–Trinajstić information content (AvgIpc) is 2.46. The van der Waals surface area contributed by atoms with Gasteiger partial charge in [0.05, 0.1) is 6.54 Å². The van der Waals surface area contributed by atoms with Gasteiger partial charge in [-0.1, -0.05) is 5.92 Å². The fraction of sp³-hybridized carbons (Fsp3) is 0.800. The molecule has 0 atom stereocenters. The van der Waals surface area contributed by atoms with E-state index in [-0.39, 0.29) is 5.54 Å². The predicted molar refractivity (Wildman–Crippen MR) is 78.7 cm³/mol. The van der Waals surface area contributed by atoms with Gasteiger partial charge >= 0.3 is 6.09 Å². The number of hydrogen-bond donors (Lipinski definition) is 2. The first-order valence-electron chi connectivity index (χ1n) is 7.44. The van der Waals surface area contributed by atoms with Gasteiger partial charge in [0.1, 0.15) is 0 Å². The van der Waals surface area contributed by atoms with Crippen molar-refractivity contribution in [1.82, 2.24) is 15.1 Å². The number of nitrogens with one attached hydrogen (secondary N) is 1. The van der Waals surface area contributed by atoms with Crippen molar-refractivity contribution in [3.05, 3.63) is 0 Å². The van der Waals surface area contributed by atoms with Crippen LogP contribution in [0.2, 0.25) is 0 Å². The summed E-state index contributed by atoms with van der Waals surface area (Å²) >= 11 is 0. The standard InChI is InChI=1S/C15H25N3O2/c1-3-8-16-15(2)6-11-17(12-7-15)13-4-9-18(10-5-13)14(19)20/h1,13,16H,4-12H2,2H3,(H,19,20). The smallest absolute Gasteiger partial charge is 0.407 e. The van der Waals surface area contributed by atoms with Gasteiger partial charge in [-0.15, -0.1) is 6.42 Å². The summed E-state index contributed by atoms with van der Waals surface area (Å²) in [7, 11) is 0. The summed E-state index contributed by atoms with van der Waals surface area (Å²) in [5, 5.41) is 12.4. The molecule has 2 aliphatic heterocycles. The quantitative estimate of drug-likeness (QED) is 0.762. The van der Waals surface area contributed by atoms with E-state index in [1.165, 1.54) is 4.90 Å². The number of piperidine rings is 2. The highest BCUT2D eigenvalue weighted by molar-refractivity contribution is 5.65. The topological polar surface area (TPSA) is 55.8 Å². The SMILES string of the molecule is C#CCNC1(C)CCN(C2CCN(C(=O)O)CC2)CC1. The van der Waals surface area contributed by atoms with Crippen LogP contribution in [0.25, 0.3) is 0 Å². The summed E-state index contributed by atoms with van der Waals surface area (Å²) in [6, 6.07) is 0.544. The summed E-state index contributed by atoms with van der Waals surface area (Å²) in [6.07, 6.45) is 8.65. The Kier molecular flexibility index (Phi) is 4.90. The molecule has 1 amide bonds. The minimum Gasteiger partial charge on any atom is -0.465 e. The molecule has 112 valence electrons. The zero-order valence-electron chi connectivity index (χ0n) is 12.3. The number of terminal acetylenes is 1. The molecule has 0 aromatic rings. The largest absolute Gasteiger partial charge is 0.465 e. The third kappa shape index (κ3) is 3.65. The Morgan fingerprint density at radius 1 is 1.35 bits per heavy atom. The first-order valence-corrected chi connectivity index (χ1v) is 7.44. The Balaban J connectivity index is 1.77. The van der Waals surface area contributed by atoms with E-state index >= 15 is 0 Å². The fourth-order valence-corrected chi connectivity index (χ4v) is 3.25. The van der Waals surface area contributed by atoms with Gasteiger partial charge < -0.3 is 20.2 Å². The molecule has 2 saturated heterocycles. The average molecular weight is 279 g/mol. The molecule has 2 heterocycles. The lowest BCUT2D eigenvalue weighted by atomic mass is 9.88. The van der Waals surface area contributed by atoms with Crippen molar-refractivity contribution in [2.75, 3.05) is 32.7 Å². The van der Waals surface area contributed by atoms with Gasteiger partial charge in [-0.3, -0.25) is 0 Å². The third-order valence-corrected chi connectivity index (χ3v) is 4.77. The van der Waals surface area contributed by atoms with E-state index in [4.69, 9.17) is 11.5 Å². The van der Waals surface area contributed by atoms with Gasteiger partial charge in [0, 0.05) is 37.8 Å². The van der Waals surface area contributed by atoms with Gasteiger partial charge in [-0.25, -0.2) is 4.79 Å². The van der Waals surface area contributed by atoms with Crippen LogP contribution >= 0.6 is 0 Å². The summed E-state index contributed by atoms with van der Waals surface area (Å²) in [5.74, 6) is 2.64. The highest BCUT2D eigenvalue weighted by Gasteiger charge is 2.33. The van der Waals surface area contributed by atoms with E-state index in [9.17, 15) is 4.79 Å². The summed E-state index contributed by atoms with van der Waals surface area (Å²) < 4.78 is 0. The van der Waals surface area contributed by atoms with Gasteiger partial charge in [0.25, 0.3) is 0 Å². The van der Waals surface area contributed by atoms with E-state index in [0.29, 0.717) is 25.7 Å². The van der Waals surface area contributed by atoms with Crippen molar-refractivity contribution >= 4 is 6.09 Å². The second-order valence-electron chi connectivity index (χ2n) is 6.16. The highest BCUT2D eigenvalue weighted by Crippen LogP contribution is 2.26. The van der Waals surface area contributed by atoms with Gasteiger partial charge in [0.2, 0.25) is 0 Å². The van der Waals surface area contributed by atoms with Crippen molar-refractivity contribution in [2.45, 2.75) is 44.2 Å². The first kappa shape index (κ1) is 15.1. The highest BCUT2D eigenvalue weighted by atomic mass is 16.4. The maximum Gasteiger partial charge on any atom is 0.407 e. The summed E-state index contributed by atoms with van der Waals surface area (Å²) in [4.78, 5) is 15.0. The molecule has 20 heavy (non-hydrogen) atoms. The molecule has 2 rings (SSSR count). The van der Waals surface area contributed by atoms with Gasteiger partial charge in [0.15, 0.2) is 0 Å². The van der Waals surface area contributed by atoms with Crippen LogP contribution in [0, 0.1) is 12.3 Å². The summed E-state index contributed by atoms with van der Waals surface area (Å²) in [5.41, 5.74) is 0.157. The normalized spacial score (nSPS) is 24.3. The maximum absolute atomic E-state index is 10.9. The monoisotopic (exact) mass is 279 g/mol.